The Bertz CT molecular complexity index is 799. The topological polar surface area (TPSA) is 118 Å². The summed E-state index contributed by atoms with van der Waals surface area (Å²) in [6, 6.07) is 6.13. The van der Waals surface area contributed by atoms with Gasteiger partial charge in [0.25, 0.3) is 16.9 Å². The van der Waals surface area contributed by atoms with Crippen LogP contribution < -0.4 is 10.3 Å². The summed E-state index contributed by atoms with van der Waals surface area (Å²) in [6.45, 7) is -0.0780. The number of methoxy groups -OCH3 is 1. The van der Waals surface area contributed by atoms with Gasteiger partial charge in [0.15, 0.2) is 0 Å². The quantitative estimate of drug-likeness (QED) is 0.613. The van der Waals surface area contributed by atoms with Gasteiger partial charge in [-0.25, -0.2) is 0 Å². The van der Waals surface area contributed by atoms with Crippen molar-refractivity contribution in [3.05, 3.63) is 72.7 Å². The molecule has 0 amide bonds. The van der Waals surface area contributed by atoms with Gasteiger partial charge in [-0.3, -0.25) is 25.0 Å². The van der Waals surface area contributed by atoms with Crippen LogP contribution in [-0.4, -0.2) is 21.5 Å². The fourth-order valence-electron chi connectivity index (χ4n) is 1.94. The molecule has 0 spiro atoms. The third-order valence-corrected chi connectivity index (χ3v) is 2.99. The molecule has 1 aromatic carbocycles. The van der Waals surface area contributed by atoms with E-state index in [1.165, 1.54) is 25.3 Å². The minimum Gasteiger partial charge on any atom is -0.496 e. The molecule has 0 fully saturated rings. The molecule has 9 nitrogen and oxygen atoms in total. The molecule has 2 rings (SSSR count). The Balaban J connectivity index is 2.48. The van der Waals surface area contributed by atoms with Crippen molar-refractivity contribution >= 4 is 11.4 Å². The third-order valence-electron chi connectivity index (χ3n) is 2.99. The second-order valence-corrected chi connectivity index (χ2v) is 4.36. The predicted molar refractivity (Wildman–Crippen MR) is 76.1 cm³/mol. The zero-order valence-electron chi connectivity index (χ0n) is 11.5. The smallest absolute Gasteiger partial charge is 0.285 e. The molecule has 0 unspecified atom stereocenters. The Kier molecular flexibility index (Phi) is 4.16. The largest absolute Gasteiger partial charge is 0.496 e. The van der Waals surface area contributed by atoms with Crippen molar-refractivity contribution in [2.24, 2.45) is 0 Å². The first kappa shape index (κ1) is 15.2. The lowest BCUT2D eigenvalue weighted by molar-refractivity contribution is -0.385. The van der Waals surface area contributed by atoms with Gasteiger partial charge in [-0.2, -0.15) is 0 Å². The highest BCUT2D eigenvalue weighted by Crippen LogP contribution is 2.24. The van der Waals surface area contributed by atoms with E-state index < -0.39 is 15.4 Å². The van der Waals surface area contributed by atoms with Crippen LogP contribution in [0.15, 0.2) is 41.3 Å². The van der Waals surface area contributed by atoms with E-state index in [9.17, 15) is 25.0 Å². The van der Waals surface area contributed by atoms with Crippen LogP contribution in [0.2, 0.25) is 0 Å². The molecular formula is C13H11N3O6. The maximum atomic E-state index is 11.8. The van der Waals surface area contributed by atoms with Crippen LogP contribution in [0.5, 0.6) is 5.75 Å². The number of rotatable bonds is 5. The van der Waals surface area contributed by atoms with Crippen molar-refractivity contribution in [2.75, 3.05) is 7.11 Å². The number of nitro groups is 2. The average molecular weight is 305 g/mol. The van der Waals surface area contributed by atoms with Crippen LogP contribution in [0.25, 0.3) is 0 Å². The van der Waals surface area contributed by atoms with Gasteiger partial charge in [0.05, 0.1) is 29.7 Å². The van der Waals surface area contributed by atoms with Crippen LogP contribution in [0.3, 0.4) is 0 Å². The molecule has 1 aromatic heterocycles. The Labute approximate surface area is 123 Å². The van der Waals surface area contributed by atoms with E-state index in [2.05, 4.69) is 0 Å². The molecule has 1 heterocycles. The van der Waals surface area contributed by atoms with E-state index in [1.807, 2.05) is 0 Å². The van der Waals surface area contributed by atoms with Gasteiger partial charge in [0, 0.05) is 29.8 Å². The SMILES string of the molecule is COc1ccc([N+](=O)[O-])cc1Cn1cc([N+](=O)[O-])ccc1=O. The number of benzene rings is 1. The summed E-state index contributed by atoms with van der Waals surface area (Å²) < 4.78 is 6.19. The molecule has 0 saturated carbocycles. The molecule has 0 N–H and O–H groups in total. The van der Waals surface area contributed by atoms with Crippen molar-refractivity contribution in [3.8, 4) is 5.75 Å². The zero-order valence-corrected chi connectivity index (χ0v) is 11.5. The molecule has 0 bridgehead atoms. The minimum absolute atomic E-state index is 0.0780. The molecule has 0 aliphatic carbocycles. The lowest BCUT2D eigenvalue weighted by Crippen LogP contribution is -2.19. The van der Waals surface area contributed by atoms with Crippen molar-refractivity contribution in [2.45, 2.75) is 6.54 Å². The highest BCUT2D eigenvalue weighted by molar-refractivity contribution is 5.44. The molecule has 0 saturated heterocycles. The van der Waals surface area contributed by atoms with Gasteiger partial charge in [0.1, 0.15) is 5.75 Å². The Morgan fingerprint density at radius 2 is 1.73 bits per heavy atom. The number of hydrogen-bond acceptors (Lipinski definition) is 6. The summed E-state index contributed by atoms with van der Waals surface area (Å²) in [7, 11) is 1.39. The third kappa shape index (κ3) is 3.08. The Morgan fingerprint density at radius 1 is 1.09 bits per heavy atom. The number of ether oxygens (including phenoxy) is 1. The van der Waals surface area contributed by atoms with Gasteiger partial charge in [-0.1, -0.05) is 0 Å². The van der Waals surface area contributed by atoms with Crippen LogP contribution in [-0.2, 0) is 6.54 Å². The van der Waals surface area contributed by atoms with E-state index >= 15 is 0 Å². The highest BCUT2D eigenvalue weighted by Gasteiger charge is 2.14. The van der Waals surface area contributed by atoms with Gasteiger partial charge in [-0.15, -0.1) is 0 Å². The molecule has 0 atom stereocenters. The van der Waals surface area contributed by atoms with Crippen LogP contribution in [0.1, 0.15) is 5.56 Å². The van der Waals surface area contributed by atoms with E-state index in [0.717, 1.165) is 22.9 Å². The van der Waals surface area contributed by atoms with E-state index in [0.29, 0.717) is 11.3 Å². The van der Waals surface area contributed by atoms with Gasteiger partial charge >= 0.3 is 0 Å². The Hall–Kier alpha value is -3.23. The van der Waals surface area contributed by atoms with Crippen LogP contribution in [0.4, 0.5) is 11.4 Å². The normalized spacial score (nSPS) is 10.2. The summed E-state index contributed by atoms with van der Waals surface area (Å²) in [5.74, 6) is 0.351. The van der Waals surface area contributed by atoms with Crippen molar-refractivity contribution < 1.29 is 14.6 Å². The van der Waals surface area contributed by atoms with Crippen LogP contribution >= 0.6 is 0 Å². The van der Waals surface area contributed by atoms with Crippen molar-refractivity contribution in [3.63, 3.8) is 0 Å². The van der Waals surface area contributed by atoms with Crippen LogP contribution in [0, 0.1) is 20.2 Å². The number of nitro benzene ring substituents is 1. The minimum atomic E-state index is -0.624. The standard InChI is InChI=1S/C13H11N3O6/c1-22-12-4-2-10(15(18)19)6-9(12)7-14-8-11(16(20)21)3-5-13(14)17/h2-6,8H,7H2,1H3. The molecule has 114 valence electrons. The second-order valence-electron chi connectivity index (χ2n) is 4.36. The van der Waals surface area contributed by atoms with Gasteiger partial charge in [-0.05, 0) is 6.07 Å². The summed E-state index contributed by atoms with van der Waals surface area (Å²) in [5, 5.41) is 21.6. The molecule has 9 heteroatoms. The molecule has 0 radical (unpaired) electrons. The summed E-state index contributed by atoms with van der Waals surface area (Å²) >= 11 is 0. The summed E-state index contributed by atoms with van der Waals surface area (Å²) in [6.07, 6.45) is 1.08. The first-order chi connectivity index (χ1) is 10.4. The molecule has 2 aromatic rings. The van der Waals surface area contributed by atoms with Crippen molar-refractivity contribution in [1.29, 1.82) is 0 Å². The Morgan fingerprint density at radius 3 is 2.32 bits per heavy atom. The first-order valence-corrected chi connectivity index (χ1v) is 6.08. The number of aromatic nitrogens is 1. The van der Waals surface area contributed by atoms with E-state index in [1.54, 1.807) is 0 Å². The van der Waals surface area contributed by atoms with E-state index in [-0.39, 0.29) is 17.9 Å². The number of nitrogens with zero attached hydrogens (tertiary/aromatic N) is 3. The maximum absolute atomic E-state index is 11.8. The predicted octanol–water partition coefficient (Wildman–Crippen LogP) is 1.72. The fourth-order valence-corrected chi connectivity index (χ4v) is 1.94. The monoisotopic (exact) mass is 305 g/mol. The first-order valence-electron chi connectivity index (χ1n) is 6.08. The maximum Gasteiger partial charge on any atom is 0.285 e. The highest BCUT2D eigenvalue weighted by atomic mass is 16.6. The average Bonchev–Trinajstić information content (AvgIpc) is 2.49. The lowest BCUT2D eigenvalue weighted by atomic mass is 10.1. The van der Waals surface area contributed by atoms with Gasteiger partial charge < -0.3 is 9.30 Å². The molecular weight excluding hydrogens is 294 g/mol. The second kappa shape index (κ2) is 6.04. The van der Waals surface area contributed by atoms with E-state index in [4.69, 9.17) is 4.74 Å². The number of pyridine rings is 1. The summed E-state index contributed by atoms with van der Waals surface area (Å²) in [4.78, 5) is 32.2. The summed E-state index contributed by atoms with van der Waals surface area (Å²) in [5.41, 5.74) is -0.489. The van der Waals surface area contributed by atoms with Gasteiger partial charge in [0.2, 0.25) is 0 Å². The number of non-ortho nitro benzene ring substituents is 1. The molecule has 0 aliphatic rings. The lowest BCUT2D eigenvalue weighted by Gasteiger charge is -2.10. The number of hydrogen-bond donors (Lipinski definition) is 0. The molecule has 22 heavy (non-hydrogen) atoms. The fraction of sp³-hybridized carbons (Fsp3) is 0.154. The van der Waals surface area contributed by atoms with Crippen molar-refractivity contribution in [1.82, 2.24) is 4.57 Å². The zero-order chi connectivity index (χ0) is 16.3. The molecule has 0 aliphatic heterocycles.